The Morgan fingerprint density at radius 3 is 2.29 bits per heavy atom. The molecular weight excluding hydrogens is 300 g/mol. The minimum atomic E-state index is -0.161. The number of carbonyl (C=O) groups is 2. The molecule has 4 nitrogen and oxygen atoms in total. The summed E-state index contributed by atoms with van der Waals surface area (Å²) in [5.41, 5.74) is 4.26. The number of anilines is 2. The first-order chi connectivity index (χ1) is 11.5. The van der Waals surface area contributed by atoms with E-state index in [1.165, 1.54) is 0 Å². The van der Waals surface area contributed by atoms with Crippen molar-refractivity contribution in [2.45, 2.75) is 40.0 Å². The van der Waals surface area contributed by atoms with Crippen LogP contribution in [0.15, 0.2) is 42.5 Å². The molecule has 0 unspecified atom stereocenters. The van der Waals surface area contributed by atoms with E-state index < -0.39 is 0 Å². The van der Waals surface area contributed by atoms with Crippen LogP contribution in [0, 0.1) is 13.8 Å². The van der Waals surface area contributed by atoms with Gasteiger partial charge in [0.05, 0.1) is 0 Å². The highest BCUT2D eigenvalue weighted by Crippen LogP contribution is 2.18. The highest BCUT2D eigenvalue weighted by Gasteiger charge is 2.08. The summed E-state index contributed by atoms with van der Waals surface area (Å²) in [6.45, 7) is 6.04. The number of rotatable bonds is 6. The standard InChI is InChI=1S/C20H24N2O2/c1-4-5-6-19(23)21-17-10-8-16(9-11-17)20(24)22-18-12-7-14(2)13-15(18)3/h7-13H,4-6H2,1-3H3,(H,21,23)(H,22,24). The lowest BCUT2D eigenvalue weighted by Crippen LogP contribution is -2.14. The number of amides is 2. The van der Waals surface area contributed by atoms with Gasteiger partial charge in [-0.3, -0.25) is 9.59 Å². The molecule has 2 N–H and O–H groups in total. The molecule has 0 saturated carbocycles. The molecule has 2 aromatic rings. The van der Waals surface area contributed by atoms with Crippen molar-refractivity contribution in [3.05, 3.63) is 59.2 Å². The molecular formula is C20H24N2O2. The van der Waals surface area contributed by atoms with Crippen LogP contribution in [0.4, 0.5) is 11.4 Å². The first-order valence-corrected chi connectivity index (χ1v) is 8.28. The monoisotopic (exact) mass is 324 g/mol. The van der Waals surface area contributed by atoms with Gasteiger partial charge in [0, 0.05) is 23.4 Å². The zero-order valence-corrected chi connectivity index (χ0v) is 14.5. The minimum absolute atomic E-state index is 0.00401. The zero-order chi connectivity index (χ0) is 17.5. The topological polar surface area (TPSA) is 58.2 Å². The molecule has 0 aromatic heterocycles. The Morgan fingerprint density at radius 2 is 1.67 bits per heavy atom. The number of aryl methyl sites for hydroxylation is 2. The molecule has 0 atom stereocenters. The minimum Gasteiger partial charge on any atom is -0.326 e. The van der Waals surface area contributed by atoms with Crippen LogP contribution in [0.25, 0.3) is 0 Å². The Bertz CT molecular complexity index is 721. The van der Waals surface area contributed by atoms with Gasteiger partial charge in [-0.15, -0.1) is 0 Å². The normalized spacial score (nSPS) is 10.3. The quantitative estimate of drug-likeness (QED) is 0.810. The molecule has 0 aliphatic rings. The summed E-state index contributed by atoms with van der Waals surface area (Å²) in [5.74, 6) is -0.157. The van der Waals surface area contributed by atoms with Gasteiger partial charge < -0.3 is 10.6 Å². The van der Waals surface area contributed by atoms with Crippen molar-refractivity contribution in [2.75, 3.05) is 10.6 Å². The van der Waals surface area contributed by atoms with Gasteiger partial charge in [0.25, 0.3) is 5.91 Å². The van der Waals surface area contributed by atoms with E-state index >= 15 is 0 Å². The lowest BCUT2D eigenvalue weighted by atomic mass is 10.1. The van der Waals surface area contributed by atoms with Gasteiger partial charge in [0.2, 0.25) is 5.91 Å². The van der Waals surface area contributed by atoms with E-state index in [0.717, 1.165) is 29.7 Å². The number of benzene rings is 2. The molecule has 0 spiro atoms. The van der Waals surface area contributed by atoms with Crippen molar-refractivity contribution in [1.29, 1.82) is 0 Å². The van der Waals surface area contributed by atoms with E-state index in [1.54, 1.807) is 24.3 Å². The van der Waals surface area contributed by atoms with Crippen molar-refractivity contribution in [3.63, 3.8) is 0 Å². The summed E-state index contributed by atoms with van der Waals surface area (Å²) in [5, 5.41) is 5.75. The van der Waals surface area contributed by atoms with Crippen molar-refractivity contribution in [3.8, 4) is 0 Å². The highest BCUT2D eigenvalue weighted by molar-refractivity contribution is 6.05. The van der Waals surface area contributed by atoms with Crippen LogP contribution in [-0.2, 0) is 4.79 Å². The fraction of sp³-hybridized carbons (Fsp3) is 0.300. The fourth-order valence-electron chi connectivity index (χ4n) is 2.41. The first kappa shape index (κ1) is 17.7. The predicted octanol–water partition coefficient (Wildman–Crippen LogP) is 4.68. The third kappa shape index (κ3) is 4.95. The number of hydrogen-bond donors (Lipinski definition) is 2. The first-order valence-electron chi connectivity index (χ1n) is 8.28. The molecule has 126 valence electrons. The lowest BCUT2D eigenvalue weighted by Gasteiger charge is -2.10. The van der Waals surface area contributed by atoms with Crippen LogP contribution in [-0.4, -0.2) is 11.8 Å². The zero-order valence-electron chi connectivity index (χ0n) is 14.5. The third-order valence-corrected chi connectivity index (χ3v) is 3.82. The maximum atomic E-state index is 12.3. The summed E-state index contributed by atoms with van der Waals surface area (Å²) in [4.78, 5) is 24.0. The second-order valence-corrected chi connectivity index (χ2v) is 6.00. The van der Waals surface area contributed by atoms with E-state index in [1.807, 2.05) is 32.0 Å². The van der Waals surface area contributed by atoms with Gasteiger partial charge in [-0.2, -0.15) is 0 Å². The van der Waals surface area contributed by atoms with Crippen molar-refractivity contribution < 1.29 is 9.59 Å². The molecule has 0 aliphatic heterocycles. The maximum absolute atomic E-state index is 12.3. The molecule has 24 heavy (non-hydrogen) atoms. The van der Waals surface area contributed by atoms with Crippen LogP contribution in [0.5, 0.6) is 0 Å². The average Bonchev–Trinajstić information content (AvgIpc) is 2.56. The van der Waals surface area contributed by atoms with Crippen LogP contribution >= 0.6 is 0 Å². The summed E-state index contributed by atoms with van der Waals surface area (Å²) < 4.78 is 0. The molecule has 2 amide bonds. The molecule has 2 aromatic carbocycles. The van der Waals surface area contributed by atoms with Crippen LogP contribution in [0.3, 0.4) is 0 Å². The van der Waals surface area contributed by atoms with E-state index in [-0.39, 0.29) is 11.8 Å². The van der Waals surface area contributed by atoms with Crippen LogP contribution in [0.2, 0.25) is 0 Å². The summed E-state index contributed by atoms with van der Waals surface area (Å²) in [6, 6.07) is 12.8. The molecule has 0 bridgehead atoms. The second kappa shape index (κ2) is 8.29. The summed E-state index contributed by atoms with van der Waals surface area (Å²) >= 11 is 0. The Kier molecular flexibility index (Phi) is 6.13. The Hall–Kier alpha value is -2.62. The molecule has 0 radical (unpaired) electrons. The van der Waals surface area contributed by atoms with Gasteiger partial charge >= 0.3 is 0 Å². The lowest BCUT2D eigenvalue weighted by molar-refractivity contribution is -0.116. The van der Waals surface area contributed by atoms with Gasteiger partial charge in [-0.1, -0.05) is 31.0 Å². The molecule has 0 heterocycles. The number of hydrogen-bond acceptors (Lipinski definition) is 2. The van der Waals surface area contributed by atoms with Crippen LogP contribution in [0.1, 0.15) is 47.7 Å². The largest absolute Gasteiger partial charge is 0.326 e. The van der Waals surface area contributed by atoms with Gasteiger partial charge in [-0.05, 0) is 56.2 Å². The molecule has 0 aliphatic carbocycles. The highest BCUT2D eigenvalue weighted by atomic mass is 16.2. The molecule has 0 fully saturated rings. The van der Waals surface area contributed by atoms with E-state index in [2.05, 4.69) is 17.6 Å². The fourth-order valence-corrected chi connectivity index (χ4v) is 2.41. The smallest absolute Gasteiger partial charge is 0.255 e. The summed E-state index contributed by atoms with van der Waals surface area (Å²) in [7, 11) is 0. The Balaban J connectivity index is 1.99. The maximum Gasteiger partial charge on any atom is 0.255 e. The van der Waals surface area contributed by atoms with Gasteiger partial charge in [0.15, 0.2) is 0 Å². The molecule has 4 heteroatoms. The second-order valence-electron chi connectivity index (χ2n) is 6.00. The Labute approximate surface area is 143 Å². The molecule has 2 rings (SSSR count). The Morgan fingerprint density at radius 1 is 0.958 bits per heavy atom. The van der Waals surface area contributed by atoms with Crippen LogP contribution < -0.4 is 10.6 Å². The van der Waals surface area contributed by atoms with E-state index in [0.29, 0.717) is 17.7 Å². The average molecular weight is 324 g/mol. The van der Waals surface area contributed by atoms with Gasteiger partial charge in [0.1, 0.15) is 0 Å². The van der Waals surface area contributed by atoms with Gasteiger partial charge in [-0.25, -0.2) is 0 Å². The number of unbranched alkanes of at least 4 members (excludes halogenated alkanes) is 1. The third-order valence-electron chi connectivity index (χ3n) is 3.82. The number of carbonyl (C=O) groups excluding carboxylic acids is 2. The van der Waals surface area contributed by atoms with E-state index in [4.69, 9.17) is 0 Å². The van der Waals surface area contributed by atoms with E-state index in [9.17, 15) is 9.59 Å². The molecule has 0 saturated heterocycles. The van der Waals surface area contributed by atoms with Crippen molar-refractivity contribution in [1.82, 2.24) is 0 Å². The summed E-state index contributed by atoms with van der Waals surface area (Å²) in [6.07, 6.45) is 2.39. The predicted molar refractivity (Wildman–Crippen MR) is 98.5 cm³/mol. The van der Waals surface area contributed by atoms with Crippen molar-refractivity contribution >= 4 is 23.2 Å². The SMILES string of the molecule is CCCCC(=O)Nc1ccc(C(=O)Nc2ccc(C)cc2C)cc1. The van der Waals surface area contributed by atoms with Crippen molar-refractivity contribution in [2.24, 2.45) is 0 Å². The number of nitrogens with one attached hydrogen (secondary N) is 2.